The Hall–Kier alpha value is -0.690. The van der Waals surface area contributed by atoms with Crippen molar-refractivity contribution in [2.24, 2.45) is 0 Å². The van der Waals surface area contributed by atoms with Crippen molar-refractivity contribution in [1.29, 1.82) is 0 Å². The van der Waals surface area contributed by atoms with Crippen LogP contribution in [0.1, 0.15) is 0 Å². The fraction of sp³-hybridized carbons (Fsp3) is 0.400. The van der Waals surface area contributed by atoms with Gasteiger partial charge in [0.05, 0.1) is 27.2 Å². The SMILES string of the molecule is C[NH+](C)CCNS(=O)(=O)c1ccc(Cl)cc1F. The molecule has 1 rings (SSSR count). The zero-order chi connectivity index (χ0) is 13.1. The van der Waals surface area contributed by atoms with Gasteiger partial charge in [0.15, 0.2) is 0 Å². The lowest BCUT2D eigenvalue weighted by molar-refractivity contribution is -0.856. The van der Waals surface area contributed by atoms with Crippen LogP contribution in [0.25, 0.3) is 0 Å². The standard InChI is InChI=1S/C10H14ClFN2O2S/c1-14(2)6-5-13-17(15,16)10-4-3-8(11)7-9(10)12/h3-4,7,13H,5-6H2,1-2H3/p+1. The van der Waals surface area contributed by atoms with Gasteiger partial charge in [-0.3, -0.25) is 0 Å². The van der Waals surface area contributed by atoms with E-state index < -0.39 is 15.8 Å². The summed E-state index contributed by atoms with van der Waals surface area (Å²) in [5.74, 6) is -0.845. The summed E-state index contributed by atoms with van der Waals surface area (Å²) in [6.45, 7) is 0.876. The van der Waals surface area contributed by atoms with E-state index in [1.165, 1.54) is 6.07 Å². The second kappa shape index (κ2) is 5.77. The molecule has 0 heterocycles. The average Bonchev–Trinajstić information content (AvgIpc) is 2.15. The van der Waals surface area contributed by atoms with Gasteiger partial charge in [-0.1, -0.05) is 11.6 Å². The third kappa shape index (κ3) is 4.23. The van der Waals surface area contributed by atoms with Crippen LogP contribution in [0.15, 0.2) is 23.1 Å². The number of rotatable bonds is 5. The van der Waals surface area contributed by atoms with Crippen LogP contribution in [-0.4, -0.2) is 35.6 Å². The number of likely N-dealkylation sites (N-methyl/N-ethyl adjacent to an activating group) is 1. The van der Waals surface area contributed by atoms with Gasteiger partial charge in [-0.05, 0) is 18.2 Å². The van der Waals surface area contributed by atoms with Gasteiger partial charge >= 0.3 is 0 Å². The predicted molar refractivity (Wildman–Crippen MR) is 64.3 cm³/mol. The van der Waals surface area contributed by atoms with Crippen molar-refractivity contribution in [3.05, 3.63) is 29.0 Å². The van der Waals surface area contributed by atoms with Crippen LogP contribution in [0.3, 0.4) is 0 Å². The fourth-order valence-corrected chi connectivity index (χ4v) is 2.45. The second-order valence-electron chi connectivity index (χ2n) is 3.93. The molecule has 1 aromatic carbocycles. The molecule has 0 amide bonds. The summed E-state index contributed by atoms with van der Waals surface area (Å²) in [5, 5.41) is 0.166. The molecule has 0 unspecified atom stereocenters. The van der Waals surface area contributed by atoms with Crippen molar-refractivity contribution < 1.29 is 17.7 Å². The quantitative estimate of drug-likeness (QED) is 0.792. The number of hydrogen-bond acceptors (Lipinski definition) is 2. The highest BCUT2D eigenvalue weighted by Gasteiger charge is 2.18. The number of hydrogen-bond donors (Lipinski definition) is 2. The van der Waals surface area contributed by atoms with Crippen molar-refractivity contribution in [2.45, 2.75) is 4.90 Å². The Bertz CT molecular complexity index is 491. The van der Waals surface area contributed by atoms with Crippen molar-refractivity contribution in [2.75, 3.05) is 27.2 Å². The normalized spacial score (nSPS) is 12.1. The van der Waals surface area contributed by atoms with E-state index in [-0.39, 0.29) is 16.5 Å². The minimum absolute atomic E-state index is 0.166. The lowest BCUT2D eigenvalue weighted by Gasteiger charge is -2.09. The molecule has 0 bridgehead atoms. The molecule has 1 aromatic rings. The summed E-state index contributed by atoms with van der Waals surface area (Å²) in [5.41, 5.74) is 0. The molecule has 0 fully saturated rings. The van der Waals surface area contributed by atoms with E-state index >= 15 is 0 Å². The average molecular weight is 282 g/mol. The first-order valence-electron chi connectivity index (χ1n) is 5.06. The molecule has 0 aliphatic heterocycles. The molecule has 4 nitrogen and oxygen atoms in total. The highest BCUT2D eigenvalue weighted by molar-refractivity contribution is 7.89. The predicted octanol–water partition coefficient (Wildman–Crippen LogP) is -0.0981. The number of halogens is 2. The second-order valence-corrected chi connectivity index (χ2v) is 6.10. The molecular formula is C10H15ClFN2O2S+. The Labute approximate surface area is 105 Å². The number of nitrogens with one attached hydrogen (secondary N) is 2. The lowest BCUT2D eigenvalue weighted by Crippen LogP contribution is -3.06. The minimum Gasteiger partial charge on any atom is -0.339 e. The Morgan fingerprint density at radius 2 is 2.06 bits per heavy atom. The molecule has 96 valence electrons. The monoisotopic (exact) mass is 281 g/mol. The van der Waals surface area contributed by atoms with E-state index in [9.17, 15) is 12.8 Å². The maximum Gasteiger partial charge on any atom is 0.243 e. The first-order valence-corrected chi connectivity index (χ1v) is 6.93. The topological polar surface area (TPSA) is 50.6 Å². The molecule has 0 saturated heterocycles. The third-order valence-electron chi connectivity index (χ3n) is 2.10. The van der Waals surface area contributed by atoms with Gasteiger partial charge in [0.2, 0.25) is 10.0 Å². The zero-order valence-corrected chi connectivity index (χ0v) is 11.2. The Kier molecular flexibility index (Phi) is 4.88. The van der Waals surface area contributed by atoms with Gasteiger partial charge in [0.1, 0.15) is 10.7 Å². The van der Waals surface area contributed by atoms with Crippen molar-refractivity contribution in [3.8, 4) is 0 Å². The van der Waals surface area contributed by atoms with E-state index in [4.69, 9.17) is 11.6 Å². The first kappa shape index (κ1) is 14.4. The summed E-state index contributed by atoms with van der Waals surface area (Å²) in [6.07, 6.45) is 0. The highest BCUT2D eigenvalue weighted by atomic mass is 35.5. The van der Waals surface area contributed by atoms with E-state index in [1.807, 2.05) is 14.1 Å². The molecule has 7 heteroatoms. The summed E-state index contributed by atoms with van der Waals surface area (Å²) >= 11 is 5.55. The zero-order valence-electron chi connectivity index (χ0n) is 9.63. The van der Waals surface area contributed by atoms with Crippen LogP contribution < -0.4 is 9.62 Å². The van der Waals surface area contributed by atoms with Crippen LogP contribution in [0.5, 0.6) is 0 Å². The van der Waals surface area contributed by atoms with E-state index in [0.29, 0.717) is 6.54 Å². The number of benzene rings is 1. The summed E-state index contributed by atoms with van der Waals surface area (Å²) in [6, 6.07) is 3.48. The van der Waals surface area contributed by atoms with Crippen molar-refractivity contribution in [3.63, 3.8) is 0 Å². The number of quaternary nitrogens is 1. The van der Waals surface area contributed by atoms with Crippen LogP contribution in [0.2, 0.25) is 5.02 Å². The van der Waals surface area contributed by atoms with Crippen LogP contribution in [0.4, 0.5) is 4.39 Å². The van der Waals surface area contributed by atoms with E-state index in [0.717, 1.165) is 17.0 Å². The maximum absolute atomic E-state index is 13.4. The molecule has 0 aliphatic rings. The fourth-order valence-electron chi connectivity index (χ4n) is 1.21. The molecule has 0 saturated carbocycles. The third-order valence-corrected chi connectivity index (χ3v) is 3.83. The summed E-state index contributed by atoms with van der Waals surface area (Å²) in [4.78, 5) is 0.722. The van der Waals surface area contributed by atoms with Crippen molar-refractivity contribution in [1.82, 2.24) is 4.72 Å². The Morgan fingerprint density at radius 3 is 2.59 bits per heavy atom. The van der Waals surface area contributed by atoms with Crippen molar-refractivity contribution >= 4 is 21.6 Å². The van der Waals surface area contributed by atoms with Gasteiger partial charge in [0, 0.05) is 5.02 Å². The van der Waals surface area contributed by atoms with Gasteiger partial charge < -0.3 is 4.90 Å². The molecule has 17 heavy (non-hydrogen) atoms. The minimum atomic E-state index is -3.80. The van der Waals surface area contributed by atoms with Gasteiger partial charge in [-0.25, -0.2) is 17.5 Å². The molecular weight excluding hydrogens is 267 g/mol. The van der Waals surface area contributed by atoms with E-state index in [2.05, 4.69) is 4.72 Å². The highest BCUT2D eigenvalue weighted by Crippen LogP contribution is 2.18. The van der Waals surface area contributed by atoms with Crippen LogP contribution >= 0.6 is 11.6 Å². The summed E-state index contributed by atoms with van der Waals surface area (Å²) in [7, 11) is -0.000409. The molecule has 2 N–H and O–H groups in total. The van der Waals surface area contributed by atoms with Gasteiger partial charge in [-0.15, -0.1) is 0 Å². The molecule has 0 atom stereocenters. The molecule has 0 aromatic heterocycles. The smallest absolute Gasteiger partial charge is 0.243 e. The van der Waals surface area contributed by atoms with Gasteiger partial charge in [0.25, 0.3) is 0 Å². The molecule has 0 aliphatic carbocycles. The maximum atomic E-state index is 13.4. The van der Waals surface area contributed by atoms with Crippen LogP contribution in [-0.2, 0) is 10.0 Å². The van der Waals surface area contributed by atoms with Crippen LogP contribution in [0, 0.1) is 5.82 Å². The molecule has 0 spiro atoms. The van der Waals surface area contributed by atoms with E-state index in [1.54, 1.807) is 0 Å². The number of sulfonamides is 1. The Balaban J connectivity index is 2.83. The van der Waals surface area contributed by atoms with Gasteiger partial charge in [-0.2, -0.15) is 0 Å². The Morgan fingerprint density at radius 1 is 1.41 bits per heavy atom. The first-order chi connectivity index (χ1) is 7.83. The molecule has 0 radical (unpaired) electrons. The lowest BCUT2D eigenvalue weighted by atomic mass is 10.3. The largest absolute Gasteiger partial charge is 0.339 e. The summed E-state index contributed by atoms with van der Waals surface area (Å²) < 4.78 is 39.2.